The van der Waals surface area contributed by atoms with Crippen LogP contribution in [0.2, 0.25) is 0 Å². The second kappa shape index (κ2) is 24.4. The summed E-state index contributed by atoms with van der Waals surface area (Å²) in [6, 6.07) is 52.2. The third kappa shape index (κ3) is 13.8. The summed E-state index contributed by atoms with van der Waals surface area (Å²) in [4.78, 5) is 61.6. The number of nitrogens with zero attached hydrogens (tertiary/aromatic N) is 1. The molecule has 0 saturated carbocycles. The summed E-state index contributed by atoms with van der Waals surface area (Å²) >= 11 is 0. The van der Waals surface area contributed by atoms with Crippen molar-refractivity contribution in [3.63, 3.8) is 0 Å². The van der Waals surface area contributed by atoms with Crippen LogP contribution in [-0.4, -0.2) is 29.8 Å². The van der Waals surface area contributed by atoms with Gasteiger partial charge in [-0.3, -0.25) is 0 Å². The summed E-state index contributed by atoms with van der Waals surface area (Å²) in [7, 11) is 0. The maximum atomic E-state index is 11.9. The molecular formula is C62H47NO10. The molecule has 0 radical (unpaired) electrons. The Labute approximate surface area is 422 Å². The number of carbonyl (C=O) groups excluding carboxylic acids is 5. The van der Waals surface area contributed by atoms with Gasteiger partial charge in [-0.1, -0.05) is 118 Å². The van der Waals surface area contributed by atoms with Gasteiger partial charge in [0, 0.05) is 47.4 Å². The largest absolute Gasteiger partial charge is 0.458 e. The molecule has 0 aliphatic carbocycles. The number of carbonyl (C=O) groups is 5. The first-order valence-corrected chi connectivity index (χ1v) is 22.6. The molecule has 0 spiro atoms. The highest BCUT2D eigenvalue weighted by Crippen LogP contribution is 2.37. The van der Waals surface area contributed by atoms with Crippen LogP contribution < -0.4 is 23.8 Å². The predicted molar refractivity (Wildman–Crippen MR) is 284 cm³/mol. The Morgan fingerprint density at radius 1 is 0.342 bits per heavy atom. The molecule has 0 unspecified atom stereocenters. The highest BCUT2D eigenvalue weighted by atomic mass is 16.5. The van der Waals surface area contributed by atoms with Gasteiger partial charge in [-0.15, -0.1) is 0 Å². The van der Waals surface area contributed by atoms with E-state index in [0.29, 0.717) is 23.0 Å². The van der Waals surface area contributed by atoms with E-state index in [1.54, 1.807) is 48.5 Å². The van der Waals surface area contributed by atoms with Gasteiger partial charge in [0.05, 0.1) is 0 Å². The Hall–Kier alpha value is -10.1. The zero-order valence-electron chi connectivity index (χ0n) is 39.5. The van der Waals surface area contributed by atoms with Crippen LogP contribution in [0.1, 0.15) is 38.9 Å². The zero-order valence-corrected chi connectivity index (χ0v) is 39.5. The average Bonchev–Trinajstić information content (AvgIpc) is 3.43. The van der Waals surface area contributed by atoms with E-state index in [2.05, 4.69) is 37.8 Å². The van der Waals surface area contributed by atoms with E-state index < -0.39 is 29.8 Å². The van der Waals surface area contributed by atoms with Crippen molar-refractivity contribution in [1.29, 1.82) is 0 Å². The molecule has 11 nitrogen and oxygen atoms in total. The maximum absolute atomic E-state index is 11.9. The number of rotatable bonds is 20. The lowest BCUT2D eigenvalue weighted by molar-refractivity contribution is -0.139. The molecule has 0 bridgehead atoms. The maximum Gasteiger partial charge on any atom is 0.335 e. The molecule has 73 heavy (non-hydrogen) atoms. The van der Waals surface area contributed by atoms with Gasteiger partial charge in [0.1, 0.15) is 29.6 Å². The fraction of sp³-hybridized carbons (Fsp3) is 0.0161. The summed E-state index contributed by atoms with van der Waals surface area (Å²) in [5.74, 6) is -1.36. The van der Waals surface area contributed by atoms with Crippen molar-refractivity contribution in [2.24, 2.45) is 0 Å². The molecule has 360 valence electrons. The first kappa shape index (κ1) is 50.7. The van der Waals surface area contributed by atoms with Crippen molar-refractivity contribution >= 4 is 70.2 Å². The van der Waals surface area contributed by atoms with Crippen LogP contribution in [0.3, 0.4) is 0 Å². The smallest absolute Gasteiger partial charge is 0.335 e. The molecule has 0 atom stereocenters. The molecule has 7 aromatic rings. The Morgan fingerprint density at radius 3 is 0.863 bits per heavy atom. The van der Waals surface area contributed by atoms with Crippen molar-refractivity contribution in [2.45, 2.75) is 6.61 Å². The van der Waals surface area contributed by atoms with E-state index in [1.165, 1.54) is 0 Å². The second-order valence-corrected chi connectivity index (χ2v) is 15.7. The van der Waals surface area contributed by atoms with Crippen LogP contribution in [-0.2, 0) is 35.3 Å². The van der Waals surface area contributed by atoms with Gasteiger partial charge in [-0.05, 0) is 147 Å². The molecule has 7 rings (SSSR count). The molecule has 0 aliphatic heterocycles. The van der Waals surface area contributed by atoms with Crippen LogP contribution in [0, 0.1) is 0 Å². The number of hydrogen-bond donors (Lipinski definition) is 0. The average molecular weight is 966 g/mol. The first-order valence-electron chi connectivity index (χ1n) is 22.6. The molecule has 0 amide bonds. The number of esters is 5. The Kier molecular flexibility index (Phi) is 17.0. The van der Waals surface area contributed by atoms with Crippen molar-refractivity contribution < 1.29 is 47.7 Å². The first-order chi connectivity index (χ1) is 35.4. The fourth-order valence-electron chi connectivity index (χ4n) is 7.28. The summed E-state index contributed by atoms with van der Waals surface area (Å²) in [5.41, 5.74) is 10.0. The fourth-order valence-corrected chi connectivity index (χ4v) is 7.28. The highest BCUT2D eigenvalue weighted by molar-refractivity contribution is 5.94. The van der Waals surface area contributed by atoms with E-state index >= 15 is 0 Å². The standard InChI is InChI=1S/C62H47NO10/c1-6-58(64)69-41-44-15-29-51(30-16-44)63(49-25-11-42(12-26-49)39-56(45-17-31-52(32-18-45)70-59(65)7-2)46-19-33-53(34-20-46)71-60(66)8-3)50-27-13-43(14-28-50)40-57(47-21-35-54(36-22-47)72-61(67)9-4)48-23-37-55(38-24-48)73-62(68)10-5/h6-40H,1-5,41H2. The van der Waals surface area contributed by atoms with Gasteiger partial charge in [0.25, 0.3) is 0 Å². The van der Waals surface area contributed by atoms with Gasteiger partial charge >= 0.3 is 29.8 Å². The van der Waals surface area contributed by atoms with Crippen molar-refractivity contribution in [1.82, 2.24) is 0 Å². The minimum absolute atomic E-state index is 0.0780. The lowest BCUT2D eigenvalue weighted by atomic mass is 9.95. The van der Waals surface area contributed by atoms with E-state index in [0.717, 1.165) is 97.5 Å². The minimum atomic E-state index is -0.572. The Bertz CT molecular complexity index is 2920. The normalized spacial score (nSPS) is 10.2. The molecule has 0 saturated heterocycles. The number of ether oxygens (including phenoxy) is 5. The molecule has 0 N–H and O–H groups in total. The van der Waals surface area contributed by atoms with Crippen molar-refractivity contribution in [2.75, 3.05) is 4.90 Å². The van der Waals surface area contributed by atoms with E-state index in [9.17, 15) is 24.0 Å². The zero-order chi connectivity index (χ0) is 51.7. The monoisotopic (exact) mass is 965 g/mol. The van der Waals surface area contributed by atoms with Gasteiger partial charge in [-0.2, -0.15) is 0 Å². The SMILES string of the molecule is C=CC(=O)OCc1ccc(N(c2ccc(C=C(c3ccc(OC(=O)C=C)cc3)c3ccc(OC(=O)C=C)cc3)cc2)c2ccc(C=C(c3ccc(OC(=O)C=C)cc3)c3ccc(OC(=O)C=C)cc3)cc2)cc1. The van der Waals surface area contributed by atoms with Gasteiger partial charge in [0.2, 0.25) is 0 Å². The van der Waals surface area contributed by atoms with Crippen LogP contribution in [0.5, 0.6) is 23.0 Å². The van der Waals surface area contributed by atoms with E-state index in [1.807, 2.05) is 133 Å². The molecule has 11 heteroatoms. The second-order valence-electron chi connectivity index (χ2n) is 15.7. The molecule has 7 aromatic carbocycles. The Morgan fingerprint density at radius 2 is 0.603 bits per heavy atom. The van der Waals surface area contributed by atoms with Gasteiger partial charge in [-0.25, -0.2) is 24.0 Å². The Balaban J connectivity index is 1.26. The number of hydrogen-bond acceptors (Lipinski definition) is 11. The van der Waals surface area contributed by atoms with Crippen LogP contribution in [0.25, 0.3) is 23.3 Å². The summed E-state index contributed by atoms with van der Waals surface area (Å²) in [6.07, 6.45) is 9.57. The molecule has 0 aliphatic rings. The quantitative estimate of drug-likeness (QED) is 0.0313. The van der Waals surface area contributed by atoms with Crippen LogP contribution in [0.4, 0.5) is 17.1 Å². The van der Waals surface area contributed by atoms with E-state index in [4.69, 9.17) is 23.7 Å². The summed E-state index contributed by atoms with van der Waals surface area (Å²) in [5, 5.41) is 0. The highest BCUT2D eigenvalue weighted by Gasteiger charge is 2.16. The topological polar surface area (TPSA) is 135 Å². The third-order valence-corrected chi connectivity index (χ3v) is 10.9. The van der Waals surface area contributed by atoms with Crippen molar-refractivity contribution in [3.8, 4) is 23.0 Å². The van der Waals surface area contributed by atoms with Gasteiger partial charge in [0.15, 0.2) is 0 Å². The molecule has 0 heterocycles. The summed E-state index contributed by atoms with van der Waals surface area (Å²) in [6.45, 7) is 17.5. The predicted octanol–water partition coefficient (Wildman–Crippen LogP) is 12.9. The van der Waals surface area contributed by atoms with Crippen molar-refractivity contribution in [3.05, 3.63) is 272 Å². The number of anilines is 3. The lowest BCUT2D eigenvalue weighted by Crippen LogP contribution is -2.10. The minimum Gasteiger partial charge on any atom is -0.458 e. The molecule has 0 fully saturated rings. The van der Waals surface area contributed by atoms with Crippen LogP contribution in [0.15, 0.2) is 233 Å². The molecule has 0 aromatic heterocycles. The molecular weight excluding hydrogens is 919 g/mol. The number of benzene rings is 7. The summed E-state index contributed by atoms with van der Waals surface area (Å²) < 4.78 is 26.6. The van der Waals surface area contributed by atoms with Crippen LogP contribution >= 0.6 is 0 Å². The third-order valence-electron chi connectivity index (χ3n) is 10.9. The van der Waals surface area contributed by atoms with Gasteiger partial charge < -0.3 is 28.6 Å². The van der Waals surface area contributed by atoms with E-state index in [-0.39, 0.29) is 6.61 Å². The lowest BCUT2D eigenvalue weighted by Gasteiger charge is -2.26.